The molecule has 0 unspecified atom stereocenters. The van der Waals surface area contributed by atoms with Crippen molar-refractivity contribution in [2.24, 2.45) is 5.41 Å². The van der Waals surface area contributed by atoms with Crippen molar-refractivity contribution >= 4 is 11.8 Å². The Hall–Kier alpha value is -1.32. The monoisotopic (exact) mass is 198 g/mol. The lowest BCUT2D eigenvalue weighted by molar-refractivity contribution is -0.129. The smallest absolute Gasteiger partial charge is 0.267 e. The van der Waals surface area contributed by atoms with E-state index in [9.17, 15) is 9.59 Å². The van der Waals surface area contributed by atoms with Crippen LogP contribution in [0.5, 0.6) is 0 Å². The number of rotatable bonds is 3. The maximum Gasteiger partial charge on any atom is 0.267 e. The van der Waals surface area contributed by atoms with Crippen LogP contribution in [0.3, 0.4) is 0 Å². The lowest BCUT2D eigenvalue weighted by Gasteiger charge is -2.18. The topological polar surface area (TPSA) is 58.2 Å². The largest absolute Gasteiger partial charge is 0.351 e. The Morgan fingerprint density at radius 2 is 1.79 bits per heavy atom. The second-order valence-electron chi connectivity index (χ2n) is 4.04. The highest BCUT2D eigenvalue weighted by Gasteiger charge is 2.22. The molecule has 2 N–H and O–H groups in total. The summed E-state index contributed by atoms with van der Waals surface area (Å²) in [6.07, 6.45) is 0. The molecule has 0 fully saturated rings. The molecule has 0 saturated carbocycles. The summed E-state index contributed by atoms with van der Waals surface area (Å²) in [7, 11) is 0. The Morgan fingerprint density at radius 3 is 2.14 bits per heavy atom. The first-order chi connectivity index (χ1) is 6.29. The second-order valence-corrected chi connectivity index (χ2v) is 4.04. The van der Waals surface area contributed by atoms with Gasteiger partial charge in [-0.05, 0) is 6.92 Å². The SMILES string of the molecule is C=C(NC(=O)C(C)(C)C)C(=O)NCC. The Labute approximate surface area is 84.8 Å². The third-order valence-corrected chi connectivity index (χ3v) is 1.56. The van der Waals surface area contributed by atoms with E-state index in [-0.39, 0.29) is 17.5 Å². The third kappa shape index (κ3) is 4.07. The van der Waals surface area contributed by atoms with Crippen LogP contribution >= 0.6 is 0 Å². The van der Waals surface area contributed by atoms with Gasteiger partial charge in [0.1, 0.15) is 0 Å². The first-order valence-corrected chi connectivity index (χ1v) is 4.57. The predicted octanol–water partition coefficient (Wildman–Crippen LogP) is 0.798. The van der Waals surface area contributed by atoms with Gasteiger partial charge in [-0.15, -0.1) is 0 Å². The van der Waals surface area contributed by atoms with Crippen molar-refractivity contribution in [1.82, 2.24) is 10.6 Å². The number of carbonyl (C=O) groups excluding carboxylic acids is 2. The lowest BCUT2D eigenvalue weighted by atomic mass is 9.95. The molecule has 0 aromatic rings. The van der Waals surface area contributed by atoms with Gasteiger partial charge in [-0.3, -0.25) is 9.59 Å². The summed E-state index contributed by atoms with van der Waals surface area (Å²) in [5, 5.41) is 5.01. The highest BCUT2D eigenvalue weighted by Crippen LogP contribution is 2.12. The highest BCUT2D eigenvalue weighted by molar-refractivity contribution is 5.97. The van der Waals surface area contributed by atoms with E-state index in [1.807, 2.05) is 0 Å². The van der Waals surface area contributed by atoms with E-state index in [0.29, 0.717) is 6.54 Å². The van der Waals surface area contributed by atoms with Crippen molar-refractivity contribution < 1.29 is 9.59 Å². The van der Waals surface area contributed by atoms with Gasteiger partial charge in [0.25, 0.3) is 5.91 Å². The van der Waals surface area contributed by atoms with Crippen LogP contribution in [0.15, 0.2) is 12.3 Å². The van der Waals surface area contributed by atoms with E-state index in [0.717, 1.165) is 0 Å². The molecule has 0 saturated heterocycles. The van der Waals surface area contributed by atoms with Gasteiger partial charge in [-0.25, -0.2) is 0 Å². The number of carbonyl (C=O) groups is 2. The van der Waals surface area contributed by atoms with E-state index in [4.69, 9.17) is 0 Å². The van der Waals surface area contributed by atoms with Gasteiger partial charge in [0, 0.05) is 12.0 Å². The first kappa shape index (κ1) is 12.7. The van der Waals surface area contributed by atoms with Crippen molar-refractivity contribution in [3.8, 4) is 0 Å². The van der Waals surface area contributed by atoms with Crippen LogP contribution in [-0.4, -0.2) is 18.4 Å². The van der Waals surface area contributed by atoms with Crippen molar-refractivity contribution in [3.63, 3.8) is 0 Å². The van der Waals surface area contributed by atoms with Crippen molar-refractivity contribution in [3.05, 3.63) is 12.3 Å². The minimum Gasteiger partial charge on any atom is -0.351 e. The van der Waals surface area contributed by atoms with Gasteiger partial charge < -0.3 is 10.6 Å². The summed E-state index contributed by atoms with van der Waals surface area (Å²) in [4.78, 5) is 22.6. The Morgan fingerprint density at radius 1 is 1.29 bits per heavy atom. The Balaban J connectivity index is 4.21. The number of likely N-dealkylation sites (N-methyl/N-ethyl adjacent to an activating group) is 1. The molecule has 0 bridgehead atoms. The fraction of sp³-hybridized carbons (Fsp3) is 0.600. The normalized spacial score (nSPS) is 10.6. The fourth-order valence-corrected chi connectivity index (χ4v) is 0.649. The standard InChI is InChI=1S/C10H18N2O2/c1-6-11-8(13)7(2)12-9(14)10(3,4)5/h2,6H2,1,3-5H3,(H,11,13)(H,12,14). The molecule has 0 spiro atoms. The molecule has 0 aromatic carbocycles. The molecular weight excluding hydrogens is 180 g/mol. The van der Waals surface area contributed by atoms with E-state index in [1.54, 1.807) is 27.7 Å². The van der Waals surface area contributed by atoms with Crippen LogP contribution in [0.2, 0.25) is 0 Å². The molecule has 0 aliphatic heterocycles. The summed E-state index contributed by atoms with van der Waals surface area (Å²) in [6.45, 7) is 11.1. The van der Waals surface area contributed by atoms with Gasteiger partial charge in [-0.2, -0.15) is 0 Å². The van der Waals surface area contributed by atoms with E-state index < -0.39 is 5.41 Å². The molecule has 0 aliphatic rings. The average Bonchev–Trinajstić information content (AvgIpc) is 2.02. The van der Waals surface area contributed by atoms with Gasteiger partial charge in [0.15, 0.2) is 0 Å². The molecule has 0 rings (SSSR count). The van der Waals surface area contributed by atoms with Gasteiger partial charge >= 0.3 is 0 Å². The molecule has 2 amide bonds. The van der Waals surface area contributed by atoms with Gasteiger partial charge in [0.2, 0.25) is 5.91 Å². The zero-order chi connectivity index (χ0) is 11.4. The van der Waals surface area contributed by atoms with E-state index >= 15 is 0 Å². The average molecular weight is 198 g/mol. The van der Waals surface area contributed by atoms with Crippen LogP contribution in [0.1, 0.15) is 27.7 Å². The minimum absolute atomic E-state index is 0.0896. The zero-order valence-electron chi connectivity index (χ0n) is 9.23. The summed E-state index contributed by atoms with van der Waals surface area (Å²) in [5.41, 5.74) is -0.429. The van der Waals surface area contributed by atoms with E-state index in [1.165, 1.54) is 0 Å². The highest BCUT2D eigenvalue weighted by atomic mass is 16.2. The molecule has 80 valence electrons. The van der Waals surface area contributed by atoms with Gasteiger partial charge in [0.05, 0.1) is 5.70 Å². The molecule has 0 radical (unpaired) electrons. The maximum absolute atomic E-state index is 11.4. The summed E-state index contributed by atoms with van der Waals surface area (Å²) in [5.74, 6) is -0.557. The molecule has 14 heavy (non-hydrogen) atoms. The molecule has 0 aliphatic carbocycles. The number of hydrogen-bond acceptors (Lipinski definition) is 2. The predicted molar refractivity (Wildman–Crippen MR) is 55.4 cm³/mol. The molecule has 4 heteroatoms. The maximum atomic E-state index is 11.4. The zero-order valence-corrected chi connectivity index (χ0v) is 9.23. The van der Waals surface area contributed by atoms with Crippen LogP contribution in [0.25, 0.3) is 0 Å². The summed E-state index contributed by atoms with van der Waals surface area (Å²) in [6, 6.07) is 0. The van der Waals surface area contributed by atoms with E-state index in [2.05, 4.69) is 17.2 Å². The second kappa shape index (κ2) is 4.79. The van der Waals surface area contributed by atoms with Gasteiger partial charge in [-0.1, -0.05) is 27.4 Å². The number of nitrogens with one attached hydrogen (secondary N) is 2. The third-order valence-electron chi connectivity index (χ3n) is 1.56. The fourth-order valence-electron chi connectivity index (χ4n) is 0.649. The van der Waals surface area contributed by atoms with Crippen LogP contribution in [0, 0.1) is 5.41 Å². The van der Waals surface area contributed by atoms with Crippen LogP contribution in [0.4, 0.5) is 0 Å². The van der Waals surface area contributed by atoms with Crippen molar-refractivity contribution in [1.29, 1.82) is 0 Å². The van der Waals surface area contributed by atoms with Crippen molar-refractivity contribution in [2.45, 2.75) is 27.7 Å². The lowest BCUT2D eigenvalue weighted by Crippen LogP contribution is -2.39. The minimum atomic E-state index is -0.518. The molecular formula is C10H18N2O2. The molecule has 0 aromatic heterocycles. The first-order valence-electron chi connectivity index (χ1n) is 4.57. The van der Waals surface area contributed by atoms with Crippen LogP contribution < -0.4 is 10.6 Å². The molecule has 0 atom stereocenters. The summed E-state index contributed by atoms with van der Waals surface area (Å²) < 4.78 is 0. The number of hydrogen-bond donors (Lipinski definition) is 2. The summed E-state index contributed by atoms with van der Waals surface area (Å²) >= 11 is 0. The quantitative estimate of drug-likeness (QED) is 0.659. The molecule has 0 heterocycles. The Kier molecular flexibility index (Phi) is 4.34. The molecule has 4 nitrogen and oxygen atoms in total. The number of amides is 2. The van der Waals surface area contributed by atoms with Crippen LogP contribution in [-0.2, 0) is 9.59 Å². The Bertz CT molecular complexity index is 251. The van der Waals surface area contributed by atoms with Crippen molar-refractivity contribution in [2.75, 3.05) is 6.54 Å².